The molecule has 1 unspecified atom stereocenters. The highest BCUT2D eigenvalue weighted by Gasteiger charge is 2.11. The van der Waals surface area contributed by atoms with Crippen LogP contribution >= 0.6 is 0 Å². The van der Waals surface area contributed by atoms with Crippen molar-refractivity contribution < 1.29 is 9.84 Å². The minimum absolute atomic E-state index is 0.507. The van der Waals surface area contributed by atoms with E-state index in [4.69, 9.17) is 4.74 Å². The average molecular weight is 272 g/mol. The first-order valence-corrected chi connectivity index (χ1v) is 6.58. The van der Waals surface area contributed by atoms with Crippen LogP contribution in [0.5, 0.6) is 5.75 Å². The lowest BCUT2D eigenvalue weighted by atomic mass is 10.1. The third kappa shape index (κ3) is 4.05. The molecule has 0 saturated carbocycles. The van der Waals surface area contributed by atoms with Gasteiger partial charge in [0.15, 0.2) is 0 Å². The SMILES string of the molecule is COc1ccc(C(O)CN(C)Cc2ccncc2)cc1. The van der Waals surface area contributed by atoms with Gasteiger partial charge in [0.05, 0.1) is 13.2 Å². The van der Waals surface area contributed by atoms with Gasteiger partial charge in [0.2, 0.25) is 0 Å². The first-order chi connectivity index (χ1) is 9.69. The van der Waals surface area contributed by atoms with E-state index in [9.17, 15) is 5.11 Å². The molecular formula is C16H20N2O2. The van der Waals surface area contributed by atoms with Gasteiger partial charge in [0, 0.05) is 25.5 Å². The van der Waals surface area contributed by atoms with E-state index in [-0.39, 0.29) is 0 Å². The van der Waals surface area contributed by atoms with Gasteiger partial charge in [-0.1, -0.05) is 12.1 Å². The van der Waals surface area contributed by atoms with Crippen molar-refractivity contribution in [3.63, 3.8) is 0 Å². The van der Waals surface area contributed by atoms with Crippen molar-refractivity contribution in [1.29, 1.82) is 0 Å². The fraction of sp³-hybridized carbons (Fsp3) is 0.312. The average Bonchev–Trinajstić information content (AvgIpc) is 2.48. The third-order valence-electron chi connectivity index (χ3n) is 3.19. The minimum atomic E-state index is -0.507. The highest BCUT2D eigenvalue weighted by Crippen LogP contribution is 2.18. The number of nitrogens with zero attached hydrogens (tertiary/aromatic N) is 2. The van der Waals surface area contributed by atoms with Crippen molar-refractivity contribution in [1.82, 2.24) is 9.88 Å². The summed E-state index contributed by atoms with van der Waals surface area (Å²) < 4.78 is 5.11. The lowest BCUT2D eigenvalue weighted by Crippen LogP contribution is -2.24. The molecular weight excluding hydrogens is 252 g/mol. The van der Waals surface area contributed by atoms with Gasteiger partial charge in [-0.3, -0.25) is 9.88 Å². The number of hydrogen-bond donors (Lipinski definition) is 1. The zero-order valence-corrected chi connectivity index (χ0v) is 11.9. The van der Waals surface area contributed by atoms with Crippen molar-refractivity contribution in [3.05, 3.63) is 59.9 Å². The third-order valence-corrected chi connectivity index (χ3v) is 3.19. The Kier molecular flexibility index (Phi) is 5.09. The van der Waals surface area contributed by atoms with Crippen molar-refractivity contribution >= 4 is 0 Å². The number of aliphatic hydroxyl groups is 1. The van der Waals surface area contributed by atoms with Crippen LogP contribution in [0.1, 0.15) is 17.2 Å². The molecule has 0 radical (unpaired) electrons. The molecule has 2 rings (SSSR count). The summed E-state index contributed by atoms with van der Waals surface area (Å²) in [5, 5.41) is 10.2. The van der Waals surface area contributed by atoms with E-state index in [0.717, 1.165) is 17.9 Å². The van der Waals surface area contributed by atoms with Gasteiger partial charge in [0.1, 0.15) is 5.75 Å². The summed E-state index contributed by atoms with van der Waals surface area (Å²) in [4.78, 5) is 6.09. The van der Waals surface area contributed by atoms with Gasteiger partial charge in [-0.2, -0.15) is 0 Å². The van der Waals surface area contributed by atoms with E-state index in [1.165, 1.54) is 5.56 Å². The zero-order valence-electron chi connectivity index (χ0n) is 11.9. The van der Waals surface area contributed by atoms with E-state index in [1.807, 2.05) is 43.4 Å². The van der Waals surface area contributed by atoms with Gasteiger partial charge in [0.25, 0.3) is 0 Å². The summed E-state index contributed by atoms with van der Waals surface area (Å²) in [6.07, 6.45) is 3.05. The molecule has 0 amide bonds. The summed E-state index contributed by atoms with van der Waals surface area (Å²) in [7, 11) is 3.63. The van der Waals surface area contributed by atoms with Crippen molar-refractivity contribution in [3.8, 4) is 5.75 Å². The Morgan fingerprint density at radius 1 is 1.15 bits per heavy atom. The standard InChI is InChI=1S/C16H20N2O2/c1-18(11-13-7-9-17-10-8-13)12-16(19)14-3-5-15(20-2)6-4-14/h3-10,16,19H,11-12H2,1-2H3. The summed E-state index contributed by atoms with van der Waals surface area (Å²) in [6, 6.07) is 11.5. The Morgan fingerprint density at radius 3 is 2.40 bits per heavy atom. The maximum absolute atomic E-state index is 10.2. The predicted octanol–water partition coefficient (Wildman–Crippen LogP) is 2.26. The molecule has 1 N–H and O–H groups in total. The summed E-state index contributed by atoms with van der Waals surface area (Å²) >= 11 is 0. The molecule has 0 aliphatic heterocycles. The molecule has 0 aliphatic rings. The molecule has 0 fully saturated rings. The molecule has 1 aromatic carbocycles. The summed E-state index contributed by atoms with van der Waals surface area (Å²) in [5.41, 5.74) is 2.08. The van der Waals surface area contributed by atoms with Crippen LogP contribution in [0, 0.1) is 0 Å². The number of pyridine rings is 1. The second kappa shape index (κ2) is 7.03. The Bertz CT molecular complexity index is 514. The highest BCUT2D eigenvalue weighted by molar-refractivity contribution is 5.28. The molecule has 4 nitrogen and oxygen atoms in total. The van der Waals surface area contributed by atoms with Crippen LogP contribution in [0.2, 0.25) is 0 Å². The van der Waals surface area contributed by atoms with Gasteiger partial charge >= 0.3 is 0 Å². The molecule has 1 aromatic heterocycles. The zero-order chi connectivity index (χ0) is 14.4. The smallest absolute Gasteiger partial charge is 0.118 e. The maximum atomic E-state index is 10.2. The van der Waals surface area contributed by atoms with Crippen molar-refractivity contribution in [2.75, 3.05) is 20.7 Å². The Hall–Kier alpha value is -1.91. The van der Waals surface area contributed by atoms with Crippen molar-refractivity contribution in [2.24, 2.45) is 0 Å². The molecule has 0 spiro atoms. The first-order valence-electron chi connectivity index (χ1n) is 6.58. The maximum Gasteiger partial charge on any atom is 0.118 e. The number of aliphatic hydroxyl groups excluding tert-OH is 1. The molecule has 0 bridgehead atoms. The molecule has 1 heterocycles. The van der Waals surface area contributed by atoms with Crippen LogP contribution < -0.4 is 4.74 Å². The monoisotopic (exact) mass is 272 g/mol. The van der Waals surface area contributed by atoms with Gasteiger partial charge in [-0.15, -0.1) is 0 Å². The highest BCUT2D eigenvalue weighted by atomic mass is 16.5. The van der Waals surface area contributed by atoms with E-state index < -0.39 is 6.10 Å². The lowest BCUT2D eigenvalue weighted by molar-refractivity contribution is 0.124. The molecule has 20 heavy (non-hydrogen) atoms. The largest absolute Gasteiger partial charge is 0.497 e. The lowest BCUT2D eigenvalue weighted by Gasteiger charge is -2.21. The number of likely N-dealkylation sites (N-methyl/N-ethyl adjacent to an activating group) is 1. The van der Waals surface area contributed by atoms with Crippen LogP contribution in [0.25, 0.3) is 0 Å². The number of aromatic nitrogens is 1. The van der Waals surface area contributed by atoms with E-state index >= 15 is 0 Å². The summed E-state index contributed by atoms with van der Waals surface area (Å²) in [5.74, 6) is 0.797. The summed E-state index contributed by atoms with van der Waals surface area (Å²) in [6.45, 7) is 1.37. The van der Waals surface area contributed by atoms with Gasteiger partial charge in [-0.25, -0.2) is 0 Å². The van der Waals surface area contributed by atoms with E-state index in [2.05, 4.69) is 9.88 Å². The second-order valence-electron chi connectivity index (χ2n) is 4.84. The Balaban J connectivity index is 1.91. The first kappa shape index (κ1) is 14.5. The minimum Gasteiger partial charge on any atom is -0.497 e. The van der Waals surface area contributed by atoms with Gasteiger partial charge in [-0.05, 0) is 42.4 Å². The quantitative estimate of drug-likeness (QED) is 0.876. The Labute approximate surface area is 119 Å². The van der Waals surface area contributed by atoms with E-state index in [1.54, 1.807) is 19.5 Å². The number of hydrogen-bond acceptors (Lipinski definition) is 4. The predicted molar refractivity (Wildman–Crippen MR) is 78.5 cm³/mol. The molecule has 0 saturated heterocycles. The van der Waals surface area contributed by atoms with Crippen LogP contribution in [-0.2, 0) is 6.54 Å². The second-order valence-corrected chi connectivity index (χ2v) is 4.84. The number of benzene rings is 1. The molecule has 2 aromatic rings. The number of rotatable bonds is 6. The molecule has 106 valence electrons. The normalized spacial score (nSPS) is 12.4. The van der Waals surface area contributed by atoms with Crippen LogP contribution in [0.4, 0.5) is 0 Å². The number of methoxy groups -OCH3 is 1. The van der Waals surface area contributed by atoms with E-state index in [0.29, 0.717) is 6.54 Å². The van der Waals surface area contributed by atoms with Crippen LogP contribution in [-0.4, -0.2) is 35.7 Å². The Morgan fingerprint density at radius 2 is 1.80 bits per heavy atom. The van der Waals surface area contributed by atoms with Crippen molar-refractivity contribution in [2.45, 2.75) is 12.6 Å². The number of ether oxygens (including phenoxy) is 1. The molecule has 0 aliphatic carbocycles. The van der Waals surface area contributed by atoms with Gasteiger partial charge < -0.3 is 9.84 Å². The topological polar surface area (TPSA) is 45.6 Å². The van der Waals surface area contributed by atoms with Crippen LogP contribution in [0.3, 0.4) is 0 Å². The molecule has 4 heteroatoms. The fourth-order valence-corrected chi connectivity index (χ4v) is 2.09. The fourth-order valence-electron chi connectivity index (χ4n) is 2.09. The van der Waals surface area contributed by atoms with Crippen LogP contribution in [0.15, 0.2) is 48.8 Å². The molecule has 1 atom stereocenters.